The van der Waals surface area contributed by atoms with Crippen LogP contribution in [0.4, 0.5) is 5.69 Å². The largest absolute Gasteiger partial charge is 0.378 e. The van der Waals surface area contributed by atoms with E-state index in [0.29, 0.717) is 0 Å². The molecular formula is C28H29N5O. The quantitative estimate of drug-likeness (QED) is 0.374. The second kappa shape index (κ2) is 7.99. The molecule has 4 heterocycles. The summed E-state index contributed by atoms with van der Waals surface area (Å²) in [5.41, 5.74) is 8.84. The number of fused-ring (bicyclic) bond motifs is 2. The summed E-state index contributed by atoms with van der Waals surface area (Å²) in [7, 11) is 0. The first-order valence-corrected chi connectivity index (χ1v) is 11.9. The van der Waals surface area contributed by atoms with Crippen LogP contribution in [0.15, 0.2) is 67.3 Å². The van der Waals surface area contributed by atoms with Gasteiger partial charge >= 0.3 is 0 Å². The van der Waals surface area contributed by atoms with Crippen molar-refractivity contribution in [3.05, 3.63) is 67.3 Å². The van der Waals surface area contributed by atoms with Crippen molar-refractivity contribution in [3.63, 3.8) is 0 Å². The zero-order chi connectivity index (χ0) is 23.3. The van der Waals surface area contributed by atoms with E-state index < -0.39 is 0 Å². The van der Waals surface area contributed by atoms with Gasteiger partial charge in [0.15, 0.2) is 0 Å². The molecule has 1 fully saturated rings. The number of hydrogen-bond acceptors (Lipinski definition) is 4. The van der Waals surface area contributed by atoms with Gasteiger partial charge in [-0.3, -0.25) is 0 Å². The lowest BCUT2D eigenvalue weighted by molar-refractivity contribution is 0.122. The number of imidazole rings is 1. The van der Waals surface area contributed by atoms with Crippen LogP contribution < -0.4 is 4.90 Å². The minimum Gasteiger partial charge on any atom is -0.378 e. The van der Waals surface area contributed by atoms with Crippen molar-refractivity contribution in [2.75, 3.05) is 31.2 Å². The van der Waals surface area contributed by atoms with E-state index >= 15 is 0 Å². The maximum atomic E-state index is 5.52. The third kappa shape index (κ3) is 3.64. The lowest BCUT2D eigenvalue weighted by atomic mass is 10.0. The Labute approximate surface area is 199 Å². The van der Waals surface area contributed by atoms with E-state index in [2.05, 4.69) is 94.9 Å². The fourth-order valence-electron chi connectivity index (χ4n) is 4.81. The molecular weight excluding hydrogens is 422 g/mol. The van der Waals surface area contributed by atoms with E-state index in [4.69, 9.17) is 9.72 Å². The fraction of sp³-hybridized carbons (Fsp3) is 0.286. The monoisotopic (exact) mass is 451 g/mol. The molecule has 0 saturated carbocycles. The predicted molar refractivity (Wildman–Crippen MR) is 138 cm³/mol. The van der Waals surface area contributed by atoms with Gasteiger partial charge in [0.1, 0.15) is 5.65 Å². The minimum atomic E-state index is -0.0339. The SMILES string of the molecule is CC(C)(C)n1cnc2ccc(-c3c[nH]c4ncc(-c5cccc(N6CCOCC6)c5)cc34)cc21. The second-order valence-corrected chi connectivity index (χ2v) is 9.96. The number of H-pyrrole nitrogens is 1. The molecule has 1 aliphatic rings. The third-order valence-electron chi connectivity index (χ3n) is 6.67. The van der Waals surface area contributed by atoms with Crippen LogP contribution in [0.5, 0.6) is 0 Å². The first kappa shape index (κ1) is 20.9. The van der Waals surface area contributed by atoms with Crippen LogP contribution in [0.25, 0.3) is 44.3 Å². The average molecular weight is 452 g/mol. The predicted octanol–water partition coefficient (Wildman–Crippen LogP) is 5.84. The Morgan fingerprint density at radius 3 is 2.59 bits per heavy atom. The summed E-state index contributed by atoms with van der Waals surface area (Å²) < 4.78 is 7.76. The van der Waals surface area contributed by atoms with Gasteiger partial charge in [-0.25, -0.2) is 9.97 Å². The Balaban J connectivity index is 1.42. The fourth-order valence-corrected chi connectivity index (χ4v) is 4.81. The van der Waals surface area contributed by atoms with E-state index in [1.165, 1.54) is 11.3 Å². The van der Waals surface area contributed by atoms with E-state index in [1.807, 2.05) is 12.5 Å². The number of aromatic nitrogens is 4. The van der Waals surface area contributed by atoms with Gasteiger partial charge in [-0.05, 0) is 62.2 Å². The van der Waals surface area contributed by atoms with E-state index in [-0.39, 0.29) is 5.54 Å². The van der Waals surface area contributed by atoms with Crippen LogP contribution >= 0.6 is 0 Å². The highest BCUT2D eigenvalue weighted by Crippen LogP contribution is 2.34. The van der Waals surface area contributed by atoms with Crippen LogP contribution in [0.1, 0.15) is 20.8 Å². The van der Waals surface area contributed by atoms with Crippen molar-refractivity contribution < 1.29 is 4.74 Å². The van der Waals surface area contributed by atoms with Crippen molar-refractivity contribution in [2.24, 2.45) is 0 Å². The molecule has 1 N–H and O–H groups in total. The summed E-state index contributed by atoms with van der Waals surface area (Å²) >= 11 is 0. The van der Waals surface area contributed by atoms with E-state index in [0.717, 1.165) is 65.1 Å². The molecule has 0 unspecified atom stereocenters. The Kier molecular flexibility index (Phi) is 4.92. The van der Waals surface area contributed by atoms with Crippen LogP contribution in [0.2, 0.25) is 0 Å². The van der Waals surface area contributed by atoms with Crippen molar-refractivity contribution in [3.8, 4) is 22.3 Å². The molecule has 0 radical (unpaired) electrons. The zero-order valence-corrected chi connectivity index (χ0v) is 19.9. The molecule has 3 aromatic heterocycles. The molecule has 5 aromatic rings. The zero-order valence-electron chi connectivity index (χ0n) is 19.9. The van der Waals surface area contributed by atoms with Gasteiger partial charge in [-0.2, -0.15) is 0 Å². The number of nitrogens with one attached hydrogen (secondary N) is 1. The highest BCUT2D eigenvalue weighted by atomic mass is 16.5. The van der Waals surface area contributed by atoms with Crippen LogP contribution in [0, 0.1) is 0 Å². The highest BCUT2D eigenvalue weighted by Gasteiger charge is 2.18. The van der Waals surface area contributed by atoms with Gasteiger partial charge in [-0.1, -0.05) is 18.2 Å². The van der Waals surface area contributed by atoms with Crippen LogP contribution in [-0.2, 0) is 10.3 Å². The summed E-state index contributed by atoms with van der Waals surface area (Å²) in [6, 6.07) is 17.5. The van der Waals surface area contributed by atoms with Gasteiger partial charge in [0.2, 0.25) is 0 Å². The molecule has 6 rings (SSSR count). The number of benzene rings is 2. The third-order valence-corrected chi connectivity index (χ3v) is 6.67. The molecule has 172 valence electrons. The molecule has 2 aromatic carbocycles. The number of pyridine rings is 1. The normalized spacial score (nSPS) is 14.9. The Morgan fingerprint density at radius 1 is 0.912 bits per heavy atom. The maximum absolute atomic E-state index is 5.52. The molecule has 1 aliphatic heterocycles. The van der Waals surface area contributed by atoms with E-state index in [1.54, 1.807) is 0 Å². The first-order valence-electron chi connectivity index (χ1n) is 11.9. The number of morpholine rings is 1. The highest BCUT2D eigenvalue weighted by molar-refractivity contribution is 5.97. The van der Waals surface area contributed by atoms with Crippen molar-refractivity contribution >= 4 is 27.8 Å². The Morgan fingerprint density at radius 2 is 1.76 bits per heavy atom. The summed E-state index contributed by atoms with van der Waals surface area (Å²) in [4.78, 5) is 15.1. The van der Waals surface area contributed by atoms with E-state index in [9.17, 15) is 0 Å². The van der Waals surface area contributed by atoms with Gasteiger partial charge in [0, 0.05) is 53.2 Å². The first-order chi connectivity index (χ1) is 16.5. The minimum absolute atomic E-state index is 0.0339. The van der Waals surface area contributed by atoms with Gasteiger partial charge in [-0.15, -0.1) is 0 Å². The standard InChI is InChI=1S/C28H29N5O/c1-28(2,3)33-18-31-25-8-7-20(15-26(25)33)24-17-30-27-23(24)14-21(16-29-27)19-5-4-6-22(13-19)32-9-11-34-12-10-32/h4-8,13-18H,9-12H2,1-3H3,(H,29,30). The molecule has 6 heteroatoms. The molecule has 0 aliphatic carbocycles. The average Bonchev–Trinajstić information content (AvgIpc) is 3.48. The smallest absolute Gasteiger partial charge is 0.137 e. The number of hydrogen-bond donors (Lipinski definition) is 1. The topological polar surface area (TPSA) is 59.0 Å². The maximum Gasteiger partial charge on any atom is 0.137 e. The molecule has 1 saturated heterocycles. The Hall–Kier alpha value is -3.64. The summed E-state index contributed by atoms with van der Waals surface area (Å²) in [5, 5.41) is 1.12. The Bertz CT molecular complexity index is 1480. The van der Waals surface area contributed by atoms with Crippen molar-refractivity contribution in [2.45, 2.75) is 26.3 Å². The molecule has 6 nitrogen and oxygen atoms in total. The molecule has 34 heavy (non-hydrogen) atoms. The number of anilines is 1. The van der Waals surface area contributed by atoms with Gasteiger partial charge in [0.25, 0.3) is 0 Å². The summed E-state index contributed by atoms with van der Waals surface area (Å²) in [6.07, 6.45) is 5.95. The number of aromatic amines is 1. The van der Waals surface area contributed by atoms with Crippen LogP contribution in [0.3, 0.4) is 0 Å². The number of rotatable bonds is 3. The van der Waals surface area contributed by atoms with Gasteiger partial charge < -0.3 is 19.2 Å². The molecule has 0 spiro atoms. The number of nitrogens with zero attached hydrogens (tertiary/aromatic N) is 4. The van der Waals surface area contributed by atoms with Crippen molar-refractivity contribution in [1.29, 1.82) is 0 Å². The van der Waals surface area contributed by atoms with Gasteiger partial charge in [0.05, 0.1) is 30.6 Å². The van der Waals surface area contributed by atoms with Crippen LogP contribution in [-0.4, -0.2) is 45.8 Å². The molecule has 0 bridgehead atoms. The summed E-state index contributed by atoms with van der Waals surface area (Å²) in [6.45, 7) is 10.0. The summed E-state index contributed by atoms with van der Waals surface area (Å²) in [5.74, 6) is 0. The lowest BCUT2D eigenvalue weighted by Crippen LogP contribution is -2.36. The molecule has 0 atom stereocenters. The molecule has 0 amide bonds. The number of ether oxygens (including phenoxy) is 1. The lowest BCUT2D eigenvalue weighted by Gasteiger charge is -2.29. The van der Waals surface area contributed by atoms with Crippen molar-refractivity contribution in [1.82, 2.24) is 19.5 Å². The second-order valence-electron chi connectivity index (χ2n) is 9.96.